The minimum atomic E-state index is -0.804. The van der Waals surface area contributed by atoms with Gasteiger partial charge < -0.3 is 5.32 Å². The maximum Gasteiger partial charge on any atom is 0.252 e. The molecule has 3 nitrogen and oxygen atoms in total. The Hall–Kier alpha value is -1.89. The van der Waals surface area contributed by atoms with Crippen LogP contribution in [0.5, 0.6) is 0 Å². The quantitative estimate of drug-likeness (QED) is 0.921. The summed E-state index contributed by atoms with van der Waals surface area (Å²) in [5.41, 5.74) is 0.216. The number of nitrogens with zero attached hydrogens (tertiary/aromatic N) is 1. The molecular weight excluding hydrogens is 267 g/mol. The lowest BCUT2D eigenvalue weighted by atomic mass is 9.76. The zero-order valence-electron chi connectivity index (χ0n) is 12.6. The summed E-state index contributed by atoms with van der Waals surface area (Å²) in [5, 5.41) is 12.3. The molecule has 0 bridgehead atoms. The molecule has 1 aromatic carbocycles. The highest BCUT2D eigenvalue weighted by molar-refractivity contribution is 5.96. The van der Waals surface area contributed by atoms with Crippen molar-refractivity contribution in [3.05, 3.63) is 35.1 Å². The van der Waals surface area contributed by atoms with Gasteiger partial charge in [-0.2, -0.15) is 5.26 Å². The van der Waals surface area contributed by atoms with Crippen LogP contribution in [0.2, 0.25) is 0 Å². The highest BCUT2D eigenvalue weighted by Crippen LogP contribution is 2.33. The number of nitrogens with one attached hydrogen (secondary N) is 1. The summed E-state index contributed by atoms with van der Waals surface area (Å²) in [5.74, 6) is -0.158. The Labute approximate surface area is 125 Å². The number of benzene rings is 1. The minimum Gasteiger partial charge on any atom is -0.334 e. The van der Waals surface area contributed by atoms with E-state index in [2.05, 4.69) is 18.3 Å². The number of carbonyl (C=O) groups excluding carboxylic acids is 1. The number of aryl methyl sites for hydroxylation is 1. The van der Waals surface area contributed by atoms with Crippen molar-refractivity contribution in [1.29, 1.82) is 5.26 Å². The fourth-order valence-electron chi connectivity index (χ4n) is 2.97. The smallest absolute Gasteiger partial charge is 0.252 e. The van der Waals surface area contributed by atoms with Crippen LogP contribution in [0.4, 0.5) is 4.39 Å². The number of nitriles is 1. The molecule has 0 atom stereocenters. The molecule has 0 spiro atoms. The van der Waals surface area contributed by atoms with Gasteiger partial charge in [0, 0.05) is 5.56 Å². The molecule has 2 rings (SSSR count). The Kier molecular flexibility index (Phi) is 4.62. The number of rotatable bonds is 3. The van der Waals surface area contributed by atoms with Crippen molar-refractivity contribution in [1.82, 2.24) is 5.32 Å². The third kappa shape index (κ3) is 3.41. The summed E-state index contributed by atoms with van der Waals surface area (Å²) in [4.78, 5) is 12.4. The Morgan fingerprint density at radius 3 is 2.71 bits per heavy atom. The number of hydrogen-bond donors (Lipinski definition) is 1. The molecule has 112 valence electrons. The number of hydrogen-bond acceptors (Lipinski definition) is 2. The van der Waals surface area contributed by atoms with E-state index in [1.165, 1.54) is 12.1 Å². The highest BCUT2D eigenvalue weighted by atomic mass is 19.1. The van der Waals surface area contributed by atoms with Gasteiger partial charge in [-0.1, -0.05) is 19.4 Å². The molecule has 1 N–H and O–H groups in total. The normalized spacial score (nSPS) is 25.1. The SMILES string of the molecule is CCC1CCC(C#N)(NC(=O)c2cc(F)ccc2C)CC1. The molecular formula is C17H21FN2O. The molecule has 21 heavy (non-hydrogen) atoms. The average Bonchev–Trinajstić information content (AvgIpc) is 2.50. The summed E-state index contributed by atoms with van der Waals surface area (Å²) in [6, 6.07) is 6.41. The van der Waals surface area contributed by atoms with Gasteiger partial charge in [0.15, 0.2) is 0 Å². The first-order chi connectivity index (χ1) is 9.99. The van der Waals surface area contributed by atoms with Gasteiger partial charge in [0.1, 0.15) is 11.4 Å². The molecule has 1 aromatic rings. The zero-order valence-corrected chi connectivity index (χ0v) is 12.6. The van der Waals surface area contributed by atoms with Crippen LogP contribution in [0.15, 0.2) is 18.2 Å². The predicted octanol–water partition coefficient (Wildman–Crippen LogP) is 3.73. The van der Waals surface area contributed by atoms with Gasteiger partial charge in [0.25, 0.3) is 5.91 Å². The van der Waals surface area contributed by atoms with Crippen molar-refractivity contribution in [2.45, 2.75) is 51.5 Å². The molecule has 1 aliphatic rings. The van der Waals surface area contributed by atoms with Gasteiger partial charge in [0.2, 0.25) is 0 Å². The fourth-order valence-corrected chi connectivity index (χ4v) is 2.97. The van der Waals surface area contributed by atoms with Gasteiger partial charge >= 0.3 is 0 Å². The highest BCUT2D eigenvalue weighted by Gasteiger charge is 2.36. The number of carbonyl (C=O) groups is 1. The first-order valence-corrected chi connectivity index (χ1v) is 7.49. The topological polar surface area (TPSA) is 52.9 Å². The summed E-state index contributed by atoms with van der Waals surface area (Å²) >= 11 is 0. The van der Waals surface area contributed by atoms with Gasteiger partial charge in [0.05, 0.1) is 6.07 Å². The van der Waals surface area contributed by atoms with Crippen LogP contribution < -0.4 is 5.32 Å². The van der Waals surface area contributed by atoms with Gasteiger partial charge in [-0.05, 0) is 56.2 Å². The lowest BCUT2D eigenvalue weighted by Crippen LogP contribution is -2.49. The standard InChI is InChI=1S/C17H21FN2O/c1-3-13-6-8-17(11-19,9-7-13)20-16(21)15-10-14(18)5-4-12(15)2/h4-5,10,13H,3,6-9H2,1-2H3,(H,20,21). The van der Waals surface area contributed by atoms with Crippen LogP contribution in [0.1, 0.15) is 54.9 Å². The first kappa shape index (κ1) is 15.5. The van der Waals surface area contributed by atoms with E-state index >= 15 is 0 Å². The second kappa shape index (κ2) is 6.26. The van der Waals surface area contributed by atoms with Crippen LogP contribution in [-0.2, 0) is 0 Å². The monoisotopic (exact) mass is 288 g/mol. The molecule has 1 amide bonds. The van der Waals surface area contributed by atoms with E-state index in [0.717, 1.165) is 19.3 Å². The van der Waals surface area contributed by atoms with Crippen LogP contribution in [0.25, 0.3) is 0 Å². The molecule has 0 heterocycles. The van der Waals surface area contributed by atoms with Crippen molar-refractivity contribution in [2.75, 3.05) is 0 Å². The minimum absolute atomic E-state index is 0.308. The van der Waals surface area contributed by atoms with Crippen molar-refractivity contribution in [3.8, 4) is 6.07 Å². The summed E-state index contributed by atoms with van der Waals surface area (Å²) in [7, 11) is 0. The van der Waals surface area contributed by atoms with Crippen LogP contribution in [-0.4, -0.2) is 11.4 Å². The largest absolute Gasteiger partial charge is 0.334 e. The van der Waals surface area contributed by atoms with E-state index in [9.17, 15) is 14.4 Å². The second-order valence-corrected chi connectivity index (χ2v) is 5.96. The zero-order chi connectivity index (χ0) is 15.5. The molecule has 0 unspecified atom stereocenters. The molecule has 1 saturated carbocycles. The lowest BCUT2D eigenvalue weighted by Gasteiger charge is -2.35. The van der Waals surface area contributed by atoms with E-state index in [4.69, 9.17) is 0 Å². The maximum absolute atomic E-state index is 13.3. The second-order valence-electron chi connectivity index (χ2n) is 5.96. The van der Waals surface area contributed by atoms with E-state index in [1.54, 1.807) is 13.0 Å². The van der Waals surface area contributed by atoms with Crippen LogP contribution in [0.3, 0.4) is 0 Å². The fraction of sp³-hybridized carbons (Fsp3) is 0.529. The number of amides is 1. The van der Waals surface area contributed by atoms with Crippen LogP contribution in [0, 0.1) is 30.0 Å². The van der Waals surface area contributed by atoms with Crippen LogP contribution >= 0.6 is 0 Å². The Morgan fingerprint density at radius 2 is 2.14 bits per heavy atom. The Balaban J connectivity index is 2.14. The van der Waals surface area contributed by atoms with Gasteiger partial charge in [-0.3, -0.25) is 4.79 Å². The van der Waals surface area contributed by atoms with Gasteiger partial charge in [-0.25, -0.2) is 4.39 Å². The third-order valence-corrected chi connectivity index (χ3v) is 4.55. The van der Waals surface area contributed by atoms with E-state index in [1.807, 2.05) is 0 Å². The summed E-state index contributed by atoms with van der Waals surface area (Å²) < 4.78 is 13.3. The molecule has 0 radical (unpaired) electrons. The van der Waals surface area contributed by atoms with Crippen molar-refractivity contribution >= 4 is 5.91 Å². The van der Waals surface area contributed by atoms with E-state index in [-0.39, 0.29) is 5.91 Å². The molecule has 0 aliphatic heterocycles. The van der Waals surface area contributed by atoms with Gasteiger partial charge in [-0.15, -0.1) is 0 Å². The van der Waals surface area contributed by atoms with Crippen molar-refractivity contribution < 1.29 is 9.18 Å². The summed E-state index contributed by atoms with van der Waals surface area (Å²) in [6.45, 7) is 3.92. The molecule has 1 fully saturated rings. The molecule has 0 saturated heterocycles. The average molecular weight is 288 g/mol. The number of halogens is 1. The molecule has 1 aliphatic carbocycles. The Morgan fingerprint density at radius 1 is 1.48 bits per heavy atom. The lowest BCUT2D eigenvalue weighted by molar-refractivity contribution is 0.0890. The van der Waals surface area contributed by atoms with E-state index in [0.29, 0.717) is 29.9 Å². The Bertz CT molecular complexity index is 569. The molecule has 0 aromatic heterocycles. The van der Waals surface area contributed by atoms with E-state index < -0.39 is 11.4 Å². The molecule has 4 heteroatoms. The first-order valence-electron chi connectivity index (χ1n) is 7.49. The van der Waals surface area contributed by atoms with Crippen molar-refractivity contribution in [2.24, 2.45) is 5.92 Å². The third-order valence-electron chi connectivity index (χ3n) is 4.55. The predicted molar refractivity (Wildman–Crippen MR) is 79.2 cm³/mol. The summed E-state index contributed by atoms with van der Waals surface area (Å²) in [6.07, 6.45) is 4.35. The maximum atomic E-state index is 13.3. The van der Waals surface area contributed by atoms with Crippen molar-refractivity contribution in [3.63, 3.8) is 0 Å².